The van der Waals surface area contributed by atoms with Gasteiger partial charge in [-0.1, -0.05) is 35.3 Å². The standard InChI is InChI=1S/C20H24Cl2N2O3S/c1-12-8-14(3)17(9-13(12)2)15(4)23-20(25)11-24(28(5,26)27)19-7-6-16(21)10-18(19)22/h6-10,15H,11H2,1-5H3,(H,23,25). The molecule has 8 heteroatoms. The van der Waals surface area contributed by atoms with Gasteiger partial charge in [-0.05, 0) is 68.1 Å². The Morgan fingerprint density at radius 1 is 1.07 bits per heavy atom. The van der Waals surface area contributed by atoms with Crippen molar-refractivity contribution in [2.75, 3.05) is 17.1 Å². The van der Waals surface area contributed by atoms with Crippen LogP contribution in [0.15, 0.2) is 30.3 Å². The van der Waals surface area contributed by atoms with Gasteiger partial charge in [0, 0.05) is 5.02 Å². The van der Waals surface area contributed by atoms with Gasteiger partial charge in [0.25, 0.3) is 0 Å². The Bertz CT molecular complexity index is 1010. The predicted molar refractivity (Wildman–Crippen MR) is 116 cm³/mol. The summed E-state index contributed by atoms with van der Waals surface area (Å²) in [5, 5.41) is 3.41. The Balaban J connectivity index is 2.24. The highest BCUT2D eigenvalue weighted by Crippen LogP contribution is 2.30. The second-order valence-electron chi connectivity index (χ2n) is 6.95. The number of sulfonamides is 1. The minimum absolute atomic E-state index is 0.156. The molecule has 0 radical (unpaired) electrons. The quantitative estimate of drug-likeness (QED) is 0.712. The Hall–Kier alpha value is -1.76. The first-order valence-corrected chi connectivity index (χ1v) is 11.3. The Kier molecular flexibility index (Phi) is 7.02. The second kappa shape index (κ2) is 8.72. The first-order valence-electron chi connectivity index (χ1n) is 8.70. The molecule has 0 aliphatic rings. The zero-order chi connectivity index (χ0) is 21.2. The Labute approximate surface area is 176 Å². The molecule has 0 bridgehead atoms. The highest BCUT2D eigenvalue weighted by Gasteiger charge is 2.24. The zero-order valence-corrected chi connectivity index (χ0v) is 18.8. The number of benzene rings is 2. The summed E-state index contributed by atoms with van der Waals surface area (Å²) in [5.74, 6) is -0.429. The molecule has 1 unspecified atom stereocenters. The normalized spacial score (nSPS) is 12.5. The summed E-state index contributed by atoms with van der Waals surface area (Å²) in [6.07, 6.45) is 1.03. The predicted octanol–water partition coefficient (Wildman–Crippen LogP) is 4.56. The fourth-order valence-corrected chi connectivity index (χ4v) is 4.44. The smallest absolute Gasteiger partial charge is 0.241 e. The maximum Gasteiger partial charge on any atom is 0.241 e. The van der Waals surface area contributed by atoms with Crippen LogP contribution in [0.25, 0.3) is 0 Å². The van der Waals surface area contributed by atoms with Crippen molar-refractivity contribution in [1.82, 2.24) is 5.32 Å². The van der Waals surface area contributed by atoms with Crippen molar-refractivity contribution >= 4 is 44.8 Å². The van der Waals surface area contributed by atoms with E-state index in [-0.39, 0.29) is 23.3 Å². The van der Waals surface area contributed by atoms with Gasteiger partial charge >= 0.3 is 0 Å². The van der Waals surface area contributed by atoms with Crippen LogP contribution in [0.1, 0.15) is 35.2 Å². The molecule has 0 spiro atoms. The van der Waals surface area contributed by atoms with Crippen LogP contribution in [-0.2, 0) is 14.8 Å². The van der Waals surface area contributed by atoms with E-state index in [4.69, 9.17) is 23.2 Å². The van der Waals surface area contributed by atoms with Crippen LogP contribution < -0.4 is 9.62 Å². The summed E-state index contributed by atoms with van der Waals surface area (Å²) in [6.45, 7) is 7.53. The molecule has 1 atom stereocenters. The molecule has 0 aliphatic heterocycles. The van der Waals surface area contributed by atoms with Crippen LogP contribution in [0.5, 0.6) is 0 Å². The van der Waals surface area contributed by atoms with Gasteiger partial charge in [-0.25, -0.2) is 8.42 Å². The first-order chi connectivity index (χ1) is 12.9. The van der Waals surface area contributed by atoms with E-state index in [0.29, 0.717) is 5.02 Å². The van der Waals surface area contributed by atoms with Gasteiger partial charge in [-0.15, -0.1) is 0 Å². The number of aryl methyl sites for hydroxylation is 3. The number of carbonyl (C=O) groups excluding carboxylic acids is 1. The Morgan fingerprint density at radius 3 is 2.25 bits per heavy atom. The molecular weight excluding hydrogens is 419 g/mol. The minimum Gasteiger partial charge on any atom is -0.348 e. The van der Waals surface area contributed by atoms with Gasteiger partial charge in [0.05, 0.1) is 23.0 Å². The van der Waals surface area contributed by atoms with Crippen molar-refractivity contribution in [3.8, 4) is 0 Å². The molecule has 2 aromatic carbocycles. The molecular formula is C20H24Cl2N2O3S. The van der Waals surface area contributed by atoms with E-state index in [1.807, 2.05) is 33.8 Å². The lowest BCUT2D eigenvalue weighted by Gasteiger charge is -2.25. The zero-order valence-electron chi connectivity index (χ0n) is 16.5. The molecule has 2 rings (SSSR count). The maximum absolute atomic E-state index is 12.6. The molecule has 0 saturated heterocycles. The summed E-state index contributed by atoms with van der Waals surface area (Å²) >= 11 is 12.0. The number of rotatable bonds is 6. The van der Waals surface area contributed by atoms with E-state index in [0.717, 1.165) is 27.3 Å². The third kappa shape index (κ3) is 5.40. The Morgan fingerprint density at radius 2 is 1.68 bits per heavy atom. The number of carbonyl (C=O) groups is 1. The van der Waals surface area contributed by atoms with Crippen molar-refractivity contribution in [3.05, 3.63) is 62.6 Å². The average molecular weight is 443 g/mol. The molecule has 1 N–H and O–H groups in total. The second-order valence-corrected chi connectivity index (χ2v) is 9.70. The van der Waals surface area contributed by atoms with Crippen molar-refractivity contribution in [3.63, 3.8) is 0 Å². The molecule has 0 heterocycles. The van der Waals surface area contributed by atoms with Crippen molar-refractivity contribution in [2.24, 2.45) is 0 Å². The van der Waals surface area contributed by atoms with Gasteiger partial charge in [0.1, 0.15) is 6.54 Å². The molecule has 0 saturated carbocycles. The summed E-state index contributed by atoms with van der Waals surface area (Å²) in [6, 6.07) is 8.29. The van der Waals surface area contributed by atoms with Crippen LogP contribution >= 0.6 is 23.2 Å². The van der Waals surface area contributed by atoms with Crippen molar-refractivity contribution in [1.29, 1.82) is 0 Å². The lowest BCUT2D eigenvalue weighted by molar-refractivity contribution is -0.120. The summed E-state index contributed by atoms with van der Waals surface area (Å²) in [4.78, 5) is 12.6. The highest BCUT2D eigenvalue weighted by molar-refractivity contribution is 7.92. The van der Waals surface area contributed by atoms with E-state index in [9.17, 15) is 13.2 Å². The van der Waals surface area contributed by atoms with Crippen LogP contribution in [-0.4, -0.2) is 27.1 Å². The maximum atomic E-state index is 12.6. The highest BCUT2D eigenvalue weighted by atomic mass is 35.5. The van der Waals surface area contributed by atoms with Crippen LogP contribution in [0.2, 0.25) is 10.0 Å². The summed E-state index contributed by atoms with van der Waals surface area (Å²) < 4.78 is 25.5. The molecule has 152 valence electrons. The number of halogens is 2. The third-order valence-corrected chi connectivity index (χ3v) is 6.26. The van der Waals surface area contributed by atoms with E-state index < -0.39 is 15.9 Å². The van der Waals surface area contributed by atoms with Gasteiger partial charge < -0.3 is 5.32 Å². The third-order valence-electron chi connectivity index (χ3n) is 4.59. The molecule has 0 aliphatic carbocycles. The van der Waals surface area contributed by atoms with Gasteiger partial charge in [0.2, 0.25) is 15.9 Å². The van der Waals surface area contributed by atoms with Crippen LogP contribution in [0.3, 0.4) is 0 Å². The molecule has 0 aromatic heterocycles. The first kappa shape index (κ1) is 22.5. The van der Waals surface area contributed by atoms with E-state index in [2.05, 4.69) is 11.4 Å². The summed E-state index contributed by atoms with van der Waals surface area (Å²) in [7, 11) is -3.72. The lowest BCUT2D eigenvalue weighted by Crippen LogP contribution is -2.41. The van der Waals surface area contributed by atoms with Gasteiger partial charge in [-0.2, -0.15) is 0 Å². The summed E-state index contributed by atoms with van der Waals surface area (Å²) in [5.41, 5.74) is 4.58. The van der Waals surface area contributed by atoms with E-state index in [1.54, 1.807) is 0 Å². The van der Waals surface area contributed by atoms with Crippen LogP contribution in [0, 0.1) is 20.8 Å². The largest absolute Gasteiger partial charge is 0.348 e. The number of anilines is 1. The number of hydrogen-bond acceptors (Lipinski definition) is 3. The van der Waals surface area contributed by atoms with E-state index in [1.165, 1.54) is 23.8 Å². The van der Waals surface area contributed by atoms with Crippen molar-refractivity contribution in [2.45, 2.75) is 33.7 Å². The number of hydrogen-bond donors (Lipinski definition) is 1. The SMILES string of the molecule is Cc1cc(C)c(C(C)NC(=O)CN(c2ccc(Cl)cc2Cl)S(C)(=O)=O)cc1C. The van der Waals surface area contributed by atoms with Crippen LogP contribution in [0.4, 0.5) is 5.69 Å². The molecule has 5 nitrogen and oxygen atoms in total. The van der Waals surface area contributed by atoms with Crippen molar-refractivity contribution < 1.29 is 13.2 Å². The van der Waals surface area contributed by atoms with Gasteiger partial charge in [0.15, 0.2) is 0 Å². The number of amides is 1. The number of nitrogens with one attached hydrogen (secondary N) is 1. The lowest BCUT2D eigenvalue weighted by atomic mass is 9.96. The average Bonchev–Trinajstić information content (AvgIpc) is 2.55. The molecule has 28 heavy (non-hydrogen) atoms. The monoisotopic (exact) mass is 442 g/mol. The minimum atomic E-state index is -3.72. The van der Waals surface area contributed by atoms with E-state index >= 15 is 0 Å². The topological polar surface area (TPSA) is 66.5 Å². The molecule has 0 fully saturated rings. The molecule has 1 amide bonds. The fraction of sp³-hybridized carbons (Fsp3) is 0.350. The number of nitrogens with zero attached hydrogens (tertiary/aromatic N) is 1. The van der Waals surface area contributed by atoms with Gasteiger partial charge in [-0.3, -0.25) is 9.10 Å². The fourth-order valence-electron chi connectivity index (χ4n) is 3.01. The molecule has 2 aromatic rings.